The summed E-state index contributed by atoms with van der Waals surface area (Å²) in [5.41, 5.74) is 1.85. The maximum Gasteiger partial charge on any atom is 0.197 e. The zero-order valence-corrected chi connectivity index (χ0v) is 14.5. The first kappa shape index (κ1) is 15.4. The molecule has 3 nitrogen and oxygen atoms in total. The molecule has 6 heteroatoms. The van der Waals surface area contributed by atoms with Crippen molar-refractivity contribution in [2.45, 2.75) is 18.2 Å². The van der Waals surface area contributed by atoms with Crippen LogP contribution in [0.1, 0.15) is 11.8 Å². The number of nitrogens with one attached hydrogen (secondary N) is 3. The van der Waals surface area contributed by atoms with E-state index in [0.717, 1.165) is 21.6 Å². The predicted octanol–water partition coefficient (Wildman–Crippen LogP) is 5.25. The van der Waals surface area contributed by atoms with E-state index in [2.05, 4.69) is 45.6 Å². The first-order valence-electron chi connectivity index (χ1n) is 6.17. The minimum atomic E-state index is 0.268. The number of halogens is 1. The van der Waals surface area contributed by atoms with Gasteiger partial charge in [0.25, 0.3) is 0 Å². The Bertz CT molecular complexity index is 610. The van der Waals surface area contributed by atoms with Gasteiger partial charge in [0.1, 0.15) is 0 Å². The number of benzene rings is 1. The van der Waals surface area contributed by atoms with Crippen molar-refractivity contribution < 1.29 is 0 Å². The van der Waals surface area contributed by atoms with Crippen molar-refractivity contribution in [2.75, 3.05) is 16.9 Å². The lowest BCUT2D eigenvalue weighted by atomic mass is 10.3. The fraction of sp³-hybridized carbons (Fsp3) is 0.214. The van der Waals surface area contributed by atoms with Crippen LogP contribution in [0.2, 0.25) is 0 Å². The van der Waals surface area contributed by atoms with Crippen LogP contribution in [-0.4, -0.2) is 12.2 Å². The van der Waals surface area contributed by atoms with Crippen LogP contribution in [-0.2, 0) is 6.42 Å². The second-order valence-electron chi connectivity index (χ2n) is 4.11. The van der Waals surface area contributed by atoms with E-state index in [0.29, 0.717) is 0 Å². The largest absolute Gasteiger partial charge is 0.326 e. The number of thioether (sulfide) groups is 1. The molecule has 0 unspecified atom stereocenters. The lowest BCUT2D eigenvalue weighted by Crippen LogP contribution is -2.20. The second kappa shape index (κ2) is 7.15. The molecule has 0 fully saturated rings. The summed E-state index contributed by atoms with van der Waals surface area (Å²) in [6.45, 7) is 2.12. The van der Waals surface area contributed by atoms with Crippen LogP contribution in [0.15, 0.2) is 39.0 Å². The summed E-state index contributed by atoms with van der Waals surface area (Å²) in [5.74, 6) is 0.268. The number of hydrogen-bond acceptors (Lipinski definition) is 3. The third kappa shape index (κ3) is 4.01. The maximum atomic E-state index is 8.01. The highest BCUT2D eigenvalue weighted by atomic mass is 79.9. The lowest BCUT2D eigenvalue weighted by Gasteiger charge is -2.10. The van der Waals surface area contributed by atoms with E-state index < -0.39 is 0 Å². The molecular formula is C14H16BrN3S2. The van der Waals surface area contributed by atoms with Crippen LogP contribution in [0.25, 0.3) is 0 Å². The molecule has 0 saturated carbocycles. The number of anilines is 2. The Labute approximate surface area is 135 Å². The van der Waals surface area contributed by atoms with Gasteiger partial charge in [-0.05, 0) is 52.9 Å². The van der Waals surface area contributed by atoms with Gasteiger partial charge in [0.05, 0.1) is 9.47 Å². The van der Waals surface area contributed by atoms with E-state index in [1.54, 1.807) is 23.1 Å². The van der Waals surface area contributed by atoms with Gasteiger partial charge in [-0.25, -0.2) is 0 Å². The highest BCUT2D eigenvalue weighted by Crippen LogP contribution is 2.32. The topological polar surface area (TPSA) is 47.9 Å². The monoisotopic (exact) mass is 369 g/mol. The van der Waals surface area contributed by atoms with E-state index in [1.165, 1.54) is 9.77 Å². The molecule has 3 N–H and O–H groups in total. The van der Waals surface area contributed by atoms with E-state index in [1.807, 2.05) is 24.5 Å². The molecule has 0 spiro atoms. The van der Waals surface area contributed by atoms with E-state index in [9.17, 15) is 0 Å². The van der Waals surface area contributed by atoms with Crippen molar-refractivity contribution in [1.82, 2.24) is 0 Å². The quantitative estimate of drug-likeness (QED) is 0.391. The third-order valence-corrected chi connectivity index (χ3v) is 5.39. The molecule has 0 atom stereocenters. The minimum absolute atomic E-state index is 0.268. The highest BCUT2D eigenvalue weighted by molar-refractivity contribution is 9.11. The molecule has 0 aliphatic carbocycles. The van der Waals surface area contributed by atoms with Gasteiger partial charge >= 0.3 is 0 Å². The second-order valence-corrected chi connectivity index (χ2v) is 7.44. The van der Waals surface area contributed by atoms with Crippen LogP contribution in [0.5, 0.6) is 0 Å². The van der Waals surface area contributed by atoms with E-state index >= 15 is 0 Å². The first-order valence-corrected chi connectivity index (χ1v) is 9.00. The molecule has 0 bridgehead atoms. The molecule has 0 amide bonds. The van der Waals surface area contributed by atoms with Crippen molar-refractivity contribution in [3.05, 3.63) is 39.0 Å². The summed E-state index contributed by atoms with van der Waals surface area (Å²) >= 11 is 6.90. The van der Waals surface area contributed by atoms with Gasteiger partial charge in [0.15, 0.2) is 5.96 Å². The van der Waals surface area contributed by atoms with Gasteiger partial charge in [0, 0.05) is 15.5 Å². The van der Waals surface area contributed by atoms with Gasteiger partial charge in [-0.1, -0.05) is 13.0 Å². The summed E-state index contributed by atoms with van der Waals surface area (Å²) in [6.07, 6.45) is 3.04. The normalized spacial score (nSPS) is 10.3. The lowest BCUT2D eigenvalue weighted by molar-refractivity contribution is 1.19. The zero-order valence-electron chi connectivity index (χ0n) is 11.3. The Morgan fingerprint density at radius 3 is 2.80 bits per heavy atom. The van der Waals surface area contributed by atoms with Crippen molar-refractivity contribution in [3.63, 3.8) is 0 Å². The summed E-state index contributed by atoms with van der Waals surface area (Å²) < 4.78 is 1.03. The fourth-order valence-electron chi connectivity index (χ4n) is 1.69. The number of thiophene rings is 1. The molecule has 1 aromatic carbocycles. The average Bonchev–Trinajstić information content (AvgIpc) is 2.79. The third-order valence-electron chi connectivity index (χ3n) is 2.68. The summed E-state index contributed by atoms with van der Waals surface area (Å²) in [7, 11) is 0. The van der Waals surface area contributed by atoms with Gasteiger partial charge in [-0.2, -0.15) is 0 Å². The Kier molecular flexibility index (Phi) is 5.51. The smallest absolute Gasteiger partial charge is 0.197 e. The van der Waals surface area contributed by atoms with Crippen molar-refractivity contribution in [3.8, 4) is 0 Å². The number of aryl methyl sites for hydroxylation is 1. The zero-order chi connectivity index (χ0) is 14.5. The molecule has 2 rings (SSSR count). The molecule has 1 aromatic heterocycles. The predicted molar refractivity (Wildman–Crippen MR) is 94.6 cm³/mol. The minimum Gasteiger partial charge on any atom is -0.326 e. The summed E-state index contributed by atoms with van der Waals surface area (Å²) in [4.78, 5) is 2.46. The van der Waals surface area contributed by atoms with Crippen molar-refractivity contribution in [1.29, 1.82) is 5.41 Å². The Morgan fingerprint density at radius 2 is 2.15 bits per heavy atom. The molecular weight excluding hydrogens is 354 g/mol. The fourth-order valence-corrected chi connectivity index (χ4v) is 3.76. The van der Waals surface area contributed by atoms with Gasteiger partial charge < -0.3 is 10.6 Å². The summed E-state index contributed by atoms with van der Waals surface area (Å²) in [5, 5.41) is 14.2. The highest BCUT2D eigenvalue weighted by Gasteiger charge is 2.07. The van der Waals surface area contributed by atoms with Crippen molar-refractivity contribution >= 4 is 56.4 Å². The van der Waals surface area contributed by atoms with Crippen LogP contribution < -0.4 is 10.6 Å². The first-order chi connectivity index (χ1) is 9.62. The van der Waals surface area contributed by atoms with Crippen LogP contribution in [0.4, 0.5) is 11.4 Å². The Balaban J connectivity index is 2.02. The molecule has 0 aliphatic heterocycles. The Morgan fingerprint density at radius 1 is 1.35 bits per heavy atom. The molecule has 1 heterocycles. The summed E-state index contributed by atoms with van der Waals surface area (Å²) in [6, 6.07) is 10.1. The van der Waals surface area contributed by atoms with Gasteiger partial charge in [-0.15, -0.1) is 23.1 Å². The number of rotatable bonds is 4. The maximum absolute atomic E-state index is 8.01. The Hall–Kier alpha value is -0.980. The van der Waals surface area contributed by atoms with E-state index in [-0.39, 0.29) is 5.96 Å². The molecule has 106 valence electrons. The van der Waals surface area contributed by atoms with Gasteiger partial charge in [0.2, 0.25) is 0 Å². The number of hydrogen-bond donors (Lipinski definition) is 3. The molecule has 0 aliphatic rings. The SMILES string of the molecule is CCc1cc(NC(=N)Nc2cccc(SC)c2)c(Br)s1. The standard InChI is InChI=1S/C14H16BrN3S2/c1-3-10-8-12(13(15)20-10)18-14(16)17-9-5-4-6-11(7-9)19-2/h4-8H,3H2,1-2H3,(H3,16,17,18). The number of guanidine groups is 1. The van der Waals surface area contributed by atoms with Crippen LogP contribution >= 0.6 is 39.0 Å². The molecule has 0 saturated heterocycles. The van der Waals surface area contributed by atoms with Crippen molar-refractivity contribution in [2.24, 2.45) is 0 Å². The van der Waals surface area contributed by atoms with E-state index in [4.69, 9.17) is 5.41 Å². The molecule has 0 radical (unpaired) electrons. The van der Waals surface area contributed by atoms with Gasteiger partial charge in [-0.3, -0.25) is 5.41 Å². The molecule has 20 heavy (non-hydrogen) atoms. The molecule has 2 aromatic rings. The van der Waals surface area contributed by atoms with Crippen LogP contribution in [0.3, 0.4) is 0 Å². The average molecular weight is 370 g/mol. The van der Waals surface area contributed by atoms with Crippen LogP contribution in [0, 0.1) is 5.41 Å².